The Bertz CT molecular complexity index is 513. The van der Waals surface area contributed by atoms with Crippen molar-refractivity contribution >= 4 is 31.9 Å². The Morgan fingerprint density at radius 1 is 1.24 bits per heavy atom. The van der Waals surface area contributed by atoms with E-state index in [9.17, 15) is 0 Å². The Balaban J connectivity index is 1.87. The zero-order valence-electron chi connectivity index (χ0n) is 9.20. The van der Waals surface area contributed by atoms with Crippen LogP contribution in [0.4, 0.5) is 0 Å². The molecule has 0 unspecified atom stereocenters. The number of benzene rings is 1. The lowest BCUT2D eigenvalue weighted by Gasteiger charge is -2.04. The van der Waals surface area contributed by atoms with Gasteiger partial charge in [-0.15, -0.1) is 0 Å². The Kier molecular flexibility index (Phi) is 4.31. The maximum atomic E-state index is 5.00. The van der Waals surface area contributed by atoms with E-state index in [4.69, 9.17) is 4.52 Å². The van der Waals surface area contributed by atoms with Gasteiger partial charge in [0, 0.05) is 15.5 Å². The fourth-order valence-electron chi connectivity index (χ4n) is 1.38. The molecule has 90 valence electrons. The minimum atomic E-state index is 0.578. The summed E-state index contributed by atoms with van der Waals surface area (Å²) in [6.45, 7) is 3.14. The van der Waals surface area contributed by atoms with Gasteiger partial charge in [0.15, 0.2) is 5.82 Å². The molecule has 4 nitrogen and oxygen atoms in total. The lowest BCUT2D eigenvalue weighted by molar-refractivity contribution is 0.364. The molecule has 1 aromatic heterocycles. The zero-order chi connectivity index (χ0) is 12.3. The molecule has 0 aliphatic carbocycles. The van der Waals surface area contributed by atoms with Crippen LogP contribution in [0.1, 0.15) is 17.3 Å². The van der Waals surface area contributed by atoms with Gasteiger partial charge in [0.1, 0.15) is 0 Å². The van der Waals surface area contributed by atoms with Gasteiger partial charge in [-0.25, -0.2) is 0 Å². The minimum Gasteiger partial charge on any atom is -0.338 e. The molecule has 1 heterocycles. The van der Waals surface area contributed by atoms with Crippen LogP contribution in [0.3, 0.4) is 0 Å². The molecule has 17 heavy (non-hydrogen) atoms. The molecule has 2 aromatic rings. The monoisotopic (exact) mass is 359 g/mol. The first-order chi connectivity index (χ1) is 8.15. The lowest BCUT2D eigenvalue weighted by atomic mass is 10.2. The van der Waals surface area contributed by atoms with Crippen LogP contribution in [0.15, 0.2) is 31.7 Å². The van der Waals surface area contributed by atoms with Gasteiger partial charge in [0.05, 0.1) is 6.54 Å². The predicted molar refractivity (Wildman–Crippen MR) is 71.4 cm³/mol. The Labute approximate surface area is 116 Å². The van der Waals surface area contributed by atoms with Gasteiger partial charge in [-0.1, -0.05) is 11.2 Å². The van der Waals surface area contributed by atoms with Crippen LogP contribution in [-0.4, -0.2) is 10.1 Å². The first-order valence-corrected chi connectivity index (χ1v) is 6.67. The average molecular weight is 361 g/mol. The van der Waals surface area contributed by atoms with E-state index in [1.807, 2.05) is 6.07 Å². The van der Waals surface area contributed by atoms with Crippen LogP contribution in [0, 0.1) is 6.92 Å². The summed E-state index contributed by atoms with van der Waals surface area (Å²) in [6, 6.07) is 6.13. The first-order valence-electron chi connectivity index (χ1n) is 5.09. The second-order valence-corrected chi connectivity index (χ2v) is 5.30. The van der Waals surface area contributed by atoms with E-state index >= 15 is 0 Å². The molecule has 0 aliphatic rings. The van der Waals surface area contributed by atoms with Crippen LogP contribution >= 0.6 is 31.9 Å². The topological polar surface area (TPSA) is 51.0 Å². The summed E-state index contributed by atoms with van der Waals surface area (Å²) in [6.07, 6.45) is 0. The number of aromatic nitrogens is 2. The van der Waals surface area contributed by atoms with E-state index in [1.165, 1.54) is 5.56 Å². The van der Waals surface area contributed by atoms with Crippen molar-refractivity contribution in [3.8, 4) is 0 Å². The van der Waals surface area contributed by atoms with Crippen LogP contribution < -0.4 is 5.32 Å². The van der Waals surface area contributed by atoms with Crippen LogP contribution in [0.5, 0.6) is 0 Å². The predicted octanol–water partition coefficient (Wildman–Crippen LogP) is 3.19. The third kappa shape index (κ3) is 3.62. The minimum absolute atomic E-state index is 0.578. The van der Waals surface area contributed by atoms with E-state index in [2.05, 4.69) is 59.5 Å². The van der Waals surface area contributed by atoms with Crippen LogP contribution in [-0.2, 0) is 13.1 Å². The Morgan fingerprint density at radius 2 is 2.06 bits per heavy atom. The first kappa shape index (κ1) is 12.7. The lowest BCUT2D eigenvalue weighted by Crippen LogP contribution is -2.12. The number of hydrogen-bond acceptors (Lipinski definition) is 4. The normalized spacial score (nSPS) is 10.8. The molecular formula is C11H11Br2N3O. The summed E-state index contributed by atoms with van der Waals surface area (Å²) in [5.74, 6) is 1.27. The third-order valence-corrected chi connectivity index (χ3v) is 4.04. The highest BCUT2D eigenvalue weighted by Crippen LogP contribution is 2.23. The van der Waals surface area contributed by atoms with Gasteiger partial charge >= 0.3 is 0 Å². The molecule has 0 aliphatic heterocycles. The average Bonchev–Trinajstić information content (AvgIpc) is 2.70. The Hall–Kier alpha value is -0.720. The van der Waals surface area contributed by atoms with E-state index in [-0.39, 0.29) is 0 Å². The van der Waals surface area contributed by atoms with Crippen molar-refractivity contribution in [3.05, 3.63) is 44.4 Å². The van der Waals surface area contributed by atoms with E-state index < -0.39 is 0 Å². The Morgan fingerprint density at radius 3 is 2.71 bits per heavy atom. The summed E-state index contributed by atoms with van der Waals surface area (Å²) in [5, 5.41) is 6.97. The molecular weight excluding hydrogens is 350 g/mol. The number of aryl methyl sites for hydroxylation is 1. The molecule has 1 N–H and O–H groups in total. The van der Waals surface area contributed by atoms with Gasteiger partial charge in [-0.2, -0.15) is 4.98 Å². The van der Waals surface area contributed by atoms with Crippen LogP contribution in [0.2, 0.25) is 0 Å². The SMILES string of the molecule is Cc1noc(CNCc2ccc(Br)c(Br)c2)n1. The van der Waals surface area contributed by atoms with Crippen molar-refractivity contribution in [2.24, 2.45) is 0 Å². The van der Waals surface area contributed by atoms with Gasteiger partial charge in [0.2, 0.25) is 5.89 Å². The van der Waals surface area contributed by atoms with Gasteiger partial charge in [-0.05, 0) is 56.5 Å². The highest BCUT2D eigenvalue weighted by molar-refractivity contribution is 9.13. The fourth-order valence-corrected chi connectivity index (χ4v) is 2.05. The molecule has 0 fully saturated rings. The summed E-state index contributed by atoms with van der Waals surface area (Å²) >= 11 is 6.91. The molecule has 6 heteroatoms. The van der Waals surface area contributed by atoms with E-state index in [0.717, 1.165) is 15.5 Å². The van der Waals surface area contributed by atoms with E-state index in [1.54, 1.807) is 6.92 Å². The second-order valence-electron chi connectivity index (χ2n) is 3.59. The highest BCUT2D eigenvalue weighted by Gasteiger charge is 2.02. The van der Waals surface area contributed by atoms with Gasteiger partial charge in [0.25, 0.3) is 0 Å². The molecule has 0 saturated carbocycles. The number of nitrogens with one attached hydrogen (secondary N) is 1. The number of rotatable bonds is 4. The zero-order valence-corrected chi connectivity index (χ0v) is 12.4. The number of halogens is 2. The van der Waals surface area contributed by atoms with Gasteiger partial charge in [-0.3, -0.25) is 0 Å². The molecule has 0 atom stereocenters. The molecule has 0 amide bonds. The molecule has 0 bridgehead atoms. The molecule has 1 aromatic carbocycles. The third-order valence-electron chi connectivity index (χ3n) is 2.16. The van der Waals surface area contributed by atoms with Crippen LogP contribution in [0.25, 0.3) is 0 Å². The molecule has 2 rings (SSSR count). The van der Waals surface area contributed by atoms with Gasteiger partial charge < -0.3 is 9.84 Å². The summed E-state index contributed by atoms with van der Waals surface area (Å²) in [5.41, 5.74) is 1.19. The van der Waals surface area contributed by atoms with Crippen molar-refractivity contribution in [2.45, 2.75) is 20.0 Å². The summed E-state index contributed by atoms with van der Waals surface area (Å²) < 4.78 is 7.10. The quantitative estimate of drug-likeness (QED) is 0.909. The highest BCUT2D eigenvalue weighted by atomic mass is 79.9. The van der Waals surface area contributed by atoms with Crippen molar-refractivity contribution in [1.29, 1.82) is 0 Å². The van der Waals surface area contributed by atoms with Crippen molar-refractivity contribution in [3.63, 3.8) is 0 Å². The fraction of sp³-hybridized carbons (Fsp3) is 0.273. The largest absolute Gasteiger partial charge is 0.338 e. The standard InChI is InChI=1S/C11H11Br2N3O/c1-7-15-11(17-16-7)6-14-5-8-2-3-9(12)10(13)4-8/h2-4,14H,5-6H2,1H3. The van der Waals surface area contributed by atoms with E-state index in [0.29, 0.717) is 18.3 Å². The van der Waals surface area contributed by atoms with Crippen molar-refractivity contribution in [1.82, 2.24) is 15.5 Å². The summed E-state index contributed by atoms with van der Waals surface area (Å²) in [7, 11) is 0. The number of hydrogen-bond donors (Lipinski definition) is 1. The molecule has 0 radical (unpaired) electrons. The summed E-state index contributed by atoms with van der Waals surface area (Å²) in [4.78, 5) is 4.12. The molecule has 0 spiro atoms. The number of nitrogens with zero attached hydrogens (tertiary/aromatic N) is 2. The molecule has 0 saturated heterocycles. The maximum Gasteiger partial charge on any atom is 0.240 e. The maximum absolute atomic E-state index is 5.00. The smallest absolute Gasteiger partial charge is 0.240 e. The van der Waals surface area contributed by atoms with Crippen molar-refractivity contribution < 1.29 is 4.52 Å². The van der Waals surface area contributed by atoms with Crippen molar-refractivity contribution in [2.75, 3.05) is 0 Å². The second kappa shape index (κ2) is 5.75.